The van der Waals surface area contributed by atoms with Crippen molar-refractivity contribution in [3.63, 3.8) is 0 Å². The van der Waals surface area contributed by atoms with Crippen LogP contribution in [0.2, 0.25) is 0 Å². The van der Waals surface area contributed by atoms with E-state index in [0.29, 0.717) is 24.9 Å². The van der Waals surface area contributed by atoms with E-state index < -0.39 is 29.7 Å². The Balaban J connectivity index is 1.46. The average Bonchev–Trinajstić information content (AvgIpc) is 3.17. The van der Waals surface area contributed by atoms with Crippen molar-refractivity contribution >= 4 is 0 Å². The first-order chi connectivity index (χ1) is 17.0. The smallest absolute Gasteiger partial charge is 0.170 e. The van der Waals surface area contributed by atoms with E-state index in [1.54, 1.807) is 21.0 Å². The molecular weight excluding hydrogens is 468 g/mol. The molecule has 0 aromatic heterocycles. The highest BCUT2D eigenvalue weighted by Gasteiger charge is 2.75. The number of rotatable bonds is 5. The van der Waals surface area contributed by atoms with Crippen LogP contribution >= 0.6 is 0 Å². The van der Waals surface area contributed by atoms with Crippen molar-refractivity contribution < 1.29 is 29.9 Å². The van der Waals surface area contributed by atoms with Crippen LogP contribution < -0.4 is 0 Å². The summed E-state index contributed by atoms with van der Waals surface area (Å²) in [5.74, 6) is 0.0472. The molecule has 2 aliphatic heterocycles. The highest BCUT2D eigenvalue weighted by molar-refractivity contribution is 5.25. The summed E-state index contributed by atoms with van der Waals surface area (Å²) >= 11 is 0. The molecule has 0 radical (unpaired) electrons. The number of methoxy groups -OCH3 is 1. The van der Waals surface area contributed by atoms with Crippen LogP contribution in [-0.2, 0) is 9.47 Å². The molecule has 6 rings (SSSR count). The fourth-order valence-electron chi connectivity index (χ4n) is 10.7. The molecule has 37 heavy (non-hydrogen) atoms. The molecule has 11 atom stereocenters. The van der Waals surface area contributed by atoms with Gasteiger partial charge in [-0.2, -0.15) is 0 Å². The number of hydrogen-bond acceptors (Lipinski definition) is 6. The van der Waals surface area contributed by atoms with E-state index in [4.69, 9.17) is 9.47 Å². The quantitative estimate of drug-likeness (QED) is 0.400. The Labute approximate surface area is 223 Å². The number of fused-ring (bicyclic) bond motifs is 5. The lowest BCUT2D eigenvalue weighted by atomic mass is 9.33. The van der Waals surface area contributed by atoms with Crippen LogP contribution in [0.3, 0.4) is 0 Å². The monoisotopic (exact) mass is 520 g/mol. The summed E-state index contributed by atoms with van der Waals surface area (Å²) in [6.45, 7) is 15.5. The van der Waals surface area contributed by atoms with Crippen LogP contribution in [0.1, 0.15) is 93.4 Å². The van der Waals surface area contributed by atoms with Gasteiger partial charge in [0.15, 0.2) is 5.79 Å². The first-order valence-corrected chi connectivity index (χ1v) is 14.6. The Hall–Kier alpha value is -0.500. The molecule has 4 saturated carbocycles. The standard InChI is InChI=1S/C31H52O6/c1-18(15-22(33)25(34)27(4,5)36-8)19-9-11-28(6)20(19)16-21(32)24-29(28,7)12-10-23-26(2,3)31(35)14-13-30(23,24)17-37-31/h15,19-25,32-35H,9-14,16-17H2,1-8H3/b18-15+/t19-,20-,21-,22+,23+,24+,25-,28-,29-,30-,31+/m1/s1. The average molecular weight is 521 g/mol. The van der Waals surface area contributed by atoms with E-state index in [2.05, 4.69) is 34.6 Å². The van der Waals surface area contributed by atoms with Crippen LogP contribution in [0, 0.1) is 45.3 Å². The molecule has 0 unspecified atom stereocenters. The van der Waals surface area contributed by atoms with Crippen LogP contribution in [0.25, 0.3) is 0 Å². The summed E-state index contributed by atoms with van der Waals surface area (Å²) < 4.78 is 11.7. The van der Waals surface area contributed by atoms with Gasteiger partial charge in [0.2, 0.25) is 0 Å². The maximum Gasteiger partial charge on any atom is 0.170 e. The topological polar surface area (TPSA) is 99.4 Å². The lowest BCUT2D eigenvalue weighted by molar-refractivity contribution is -0.404. The summed E-state index contributed by atoms with van der Waals surface area (Å²) in [5.41, 5.74) is -0.110. The largest absolute Gasteiger partial charge is 0.393 e. The third-order valence-electron chi connectivity index (χ3n) is 13.4. The molecule has 0 aromatic carbocycles. The highest BCUT2D eigenvalue weighted by Crippen LogP contribution is 2.77. The fourth-order valence-corrected chi connectivity index (χ4v) is 10.7. The second kappa shape index (κ2) is 8.50. The van der Waals surface area contributed by atoms with Gasteiger partial charge < -0.3 is 29.9 Å². The normalized spacial score (nSPS) is 50.7. The van der Waals surface area contributed by atoms with Crippen molar-refractivity contribution in [2.45, 2.75) is 123 Å². The Morgan fingerprint density at radius 3 is 2.27 bits per heavy atom. The van der Waals surface area contributed by atoms with E-state index >= 15 is 0 Å². The van der Waals surface area contributed by atoms with Gasteiger partial charge in [-0.25, -0.2) is 0 Å². The van der Waals surface area contributed by atoms with Gasteiger partial charge >= 0.3 is 0 Å². The molecule has 4 N–H and O–H groups in total. The van der Waals surface area contributed by atoms with Gasteiger partial charge in [-0.15, -0.1) is 0 Å². The van der Waals surface area contributed by atoms with Crippen molar-refractivity contribution in [2.24, 2.45) is 45.3 Å². The van der Waals surface area contributed by atoms with Gasteiger partial charge in [0.25, 0.3) is 0 Å². The minimum atomic E-state index is -1.05. The van der Waals surface area contributed by atoms with E-state index in [0.717, 1.165) is 44.1 Å². The fraction of sp³-hybridized carbons (Fsp3) is 0.935. The van der Waals surface area contributed by atoms with Crippen molar-refractivity contribution in [1.29, 1.82) is 0 Å². The van der Waals surface area contributed by atoms with Gasteiger partial charge in [0.1, 0.15) is 12.2 Å². The molecule has 2 bridgehead atoms. The number of ether oxygens (including phenoxy) is 2. The molecule has 0 aromatic rings. The molecule has 4 aliphatic carbocycles. The summed E-state index contributed by atoms with van der Waals surface area (Å²) in [6.07, 6.45) is 6.00. The summed E-state index contributed by atoms with van der Waals surface area (Å²) in [4.78, 5) is 0. The molecule has 1 spiro atoms. The highest BCUT2D eigenvalue weighted by atomic mass is 16.6. The van der Waals surface area contributed by atoms with Crippen molar-refractivity contribution in [3.8, 4) is 0 Å². The maximum absolute atomic E-state index is 12.0. The van der Waals surface area contributed by atoms with Gasteiger partial charge in [-0.1, -0.05) is 39.3 Å². The lowest BCUT2D eigenvalue weighted by Crippen LogP contribution is -2.75. The zero-order chi connectivity index (χ0) is 27.4. The molecule has 6 fully saturated rings. The van der Waals surface area contributed by atoms with Gasteiger partial charge in [-0.3, -0.25) is 0 Å². The molecule has 2 heterocycles. The zero-order valence-electron chi connectivity index (χ0n) is 24.4. The van der Waals surface area contributed by atoms with Crippen molar-refractivity contribution in [1.82, 2.24) is 0 Å². The maximum atomic E-state index is 12.0. The van der Waals surface area contributed by atoms with Crippen LogP contribution in [0.15, 0.2) is 11.6 Å². The molecule has 6 heteroatoms. The summed E-state index contributed by atoms with van der Waals surface area (Å²) in [5, 5.41) is 44.9. The minimum Gasteiger partial charge on any atom is -0.393 e. The number of hydrogen-bond donors (Lipinski definition) is 4. The Bertz CT molecular complexity index is 932. The third-order valence-corrected chi connectivity index (χ3v) is 13.4. The molecule has 2 saturated heterocycles. The molecule has 6 nitrogen and oxygen atoms in total. The van der Waals surface area contributed by atoms with E-state index in [9.17, 15) is 20.4 Å². The first-order valence-electron chi connectivity index (χ1n) is 14.6. The van der Waals surface area contributed by atoms with Crippen LogP contribution in [0.4, 0.5) is 0 Å². The van der Waals surface area contributed by atoms with Gasteiger partial charge in [0, 0.05) is 24.4 Å². The van der Waals surface area contributed by atoms with Crippen LogP contribution in [0.5, 0.6) is 0 Å². The second-order valence-corrected chi connectivity index (χ2v) is 15.1. The Kier molecular flexibility index (Phi) is 6.44. The third kappa shape index (κ3) is 3.51. The first kappa shape index (κ1) is 28.0. The van der Waals surface area contributed by atoms with E-state index in [1.165, 1.54) is 0 Å². The molecule has 6 aliphatic rings. The molecule has 212 valence electrons. The number of aliphatic hydroxyl groups excluding tert-OH is 3. The summed E-state index contributed by atoms with van der Waals surface area (Å²) in [6, 6.07) is 0. The lowest BCUT2D eigenvalue weighted by Gasteiger charge is -2.74. The zero-order valence-corrected chi connectivity index (χ0v) is 24.4. The Morgan fingerprint density at radius 2 is 1.68 bits per heavy atom. The predicted molar refractivity (Wildman–Crippen MR) is 142 cm³/mol. The minimum absolute atomic E-state index is 0.0245. The molecular formula is C31H52O6. The Morgan fingerprint density at radius 1 is 1.03 bits per heavy atom. The molecule has 0 amide bonds. The van der Waals surface area contributed by atoms with E-state index in [1.807, 2.05) is 6.08 Å². The van der Waals surface area contributed by atoms with Crippen molar-refractivity contribution in [2.75, 3.05) is 13.7 Å². The predicted octanol–water partition coefficient (Wildman–Crippen LogP) is 4.43. The number of aliphatic hydroxyl groups is 4. The van der Waals surface area contributed by atoms with Crippen molar-refractivity contribution in [3.05, 3.63) is 11.6 Å². The van der Waals surface area contributed by atoms with Gasteiger partial charge in [-0.05, 0) is 93.8 Å². The summed E-state index contributed by atoms with van der Waals surface area (Å²) in [7, 11) is 1.55. The second-order valence-electron chi connectivity index (χ2n) is 15.1. The van der Waals surface area contributed by atoms with E-state index in [-0.39, 0.29) is 33.5 Å². The van der Waals surface area contributed by atoms with Gasteiger partial charge in [0.05, 0.1) is 18.3 Å². The SMILES string of the molecule is COC(C)(C)[C@H](O)[C@@H](O)/C=C(\C)[C@H]1CC[C@]2(C)[C@@H]1C[C@@H](O)[C@@H]1[C@]34CC[C@](O)(OC3)C(C)(C)[C@@H]4CC[C@]12C. The van der Waals surface area contributed by atoms with Crippen LogP contribution in [-0.4, -0.2) is 63.8 Å². The number of allylic oxidation sites excluding steroid dienone is 1.